The van der Waals surface area contributed by atoms with Crippen molar-refractivity contribution >= 4 is 49.0 Å². The number of hydrogen-bond donors (Lipinski definition) is 1. The highest BCUT2D eigenvalue weighted by atomic mass is 35.5. The highest BCUT2D eigenvalue weighted by Crippen LogP contribution is 2.36. The van der Waals surface area contributed by atoms with Crippen molar-refractivity contribution in [2.75, 3.05) is 35.1 Å². The molecule has 0 fully saturated rings. The molecular weight excluding hydrogens is 363 g/mol. The maximum Gasteiger partial charge on any atom is 0.398 e. The van der Waals surface area contributed by atoms with Gasteiger partial charge in [-0.05, 0) is 42.4 Å². The van der Waals surface area contributed by atoms with Crippen LogP contribution >= 0.6 is 23.2 Å². The summed E-state index contributed by atoms with van der Waals surface area (Å²) in [6, 6.07) is 7.61. The molecule has 4 nitrogen and oxygen atoms in total. The number of hydrogen-bond acceptors (Lipinski definition) is 3. The van der Waals surface area contributed by atoms with Crippen LogP contribution in [0, 0.1) is 0 Å². The Hall–Kier alpha value is -0.913. The van der Waals surface area contributed by atoms with Crippen LogP contribution in [0.5, 0.6) is 0 Å². The number of nitrogens with zero attached hydrogens (tertiary/aromatic N) is 1. The molecule has 136 valence electrons. The SMILES string of the molecule is CC(C)(C)[Si](C)(C)OC(=O)Nc1ccc(N(CCCl)CCCl)cc1. The van der Waals surface area contributed by atoms with Gasteiger partial charge in [-0.15, -0.1) is 23.2 Å². The minimum absolute atomic E-state index is 0.0161. The van der Waals surface area contributed by atoms with Gasteiger partial charge in [-0.25, -0.2) is 4.79 Å². The van der Waals surface area contributed by atoms with Crippen molar-refractivity contribution in [2.24, 2.45) is 0 Å². The standard InChI is InChI=1S/C17H28Cl2N2O2Si/c1-17(2,3)24(4,5)23-16(22)20-14-6-8-15(9-7-14)21(12-10-18)13-11-19/h6-9H,10-13H2,1-5H3,(H,20,22). The summed E-state index contributed by atoms with van der Waals surface area (Å²) in [6.45, 7) is 11.9. The first-order valence-corrected chi connectivity index (χ1v) is 12.1. The third-order valence-corrected chi connectivity index (χ3v) is 8.99. The Morgan fingerprint density at radius 2 is 1.62 bits per heavy atom. The van der Waals surface area contributed by atoms with Crippen molar-refractivity contribution in [3.05, 3.63) is 24.3 Å². The summed E-state index contributed by atoms with van der Waals surface area (Å²) in [4.78, 5) is 14.3. The van der Waals surface area contributed by atoms with Gasteiger partial charge in [0.1, 0.15) is 0 Å². The molecule has 1 amide bonds. The molecule has 1 N–H and O–H groups in total. The molecule has 1 aromatic carbocycles. The van der Waals surface area contributed by atoms with Gasteiger partial charge in [-0.3, -0.25) is 5.32 Å². The van der Waals surface area contributed by atoms with E-state index in [1.807, 2.05) is 37.4 Å². The first-order chi connectivity index (χ1) is 11.1. The van der Waals surface area contributed by atoms with Crippen molar-refractivity contribution in [1.82, 2.24) is 0 Å². The van der Waals surface area contributed by atoms with E-state index in [1.165, 1.54) is 0 Å². The number of anilines is 2. The number of rotatable bonds is 7. The van der Waals surface area contributed by atoms with Crippen LogP contribution < -0.4 is 10.2 Å². The Balaban J connectivity index is 2.71. The molecule has 0 bridgehead atoms. The van der Waals surface area contributed by atoms with Crippen LogP contribution in [0.15, 0.2) is 24.3 Å². The molecule has 0 saturated heterocycles. The molecule has 0 aromatic heterocycles. The second-order valence-electron chi connectivity index (χ2n) is 7.19. The van der Waals surface area contributed by atoms with Crippen LogP contribution in [0.4, 0.5) is 16.2 Å². The number of nitrogens with one attached hydrogen (secondary N) is 1. The van der Waals surface area contributed by atoms with Crippen molar-refractivity contribution in [1.29, 1.82) is 0 Å². The molecule has 0 unspecified atom stereocenters. The minimum Gasteiger partial charge on any atom is -0.503 e. The molecule has 24 heavy (non-hydrogen) atoms. The Kier molecular flexibility index (Phi) is 7.90. The van der Waals surface area contributed by atoms with E-state index in [2.05, 4.69) is 31.0 Å². The minimum atomic E-state index is -2.12. The Morgan fingerprint density at radius 1 is 1.12 bits per heavy atom. The van der Waals surface area contributed by atoms with E-state index in [1.54, 1.807) is 0 Å². The molecule has 7 heteroatoms. The van der Waals surface area contributed by atoms with E-state index >= 15 is 0 Å². The second-order valence-corrected chi connectivity index (χ2v) is 12.7. The molecule has 0 saturated carbocycles. The zero-order valence-corrected chi connectivity index (χ0v) is 17.7. The quantitative estimate of drug-likeness (QED) is 0.491. The molecule has 0 atom stereocenters. The fourth-order valence-corrected chi connectivity index (χ4v) is 3.09. The number of carbonyl (C=O) groups excluding carboxylic acids is 1. The van der Waals surface area contributed by atoms with Crippen molar-refractivity contribution in [3.63, 3.8) is 0 Å². The molecular formula is C17H28Cl2N2O2Si. The summed E-state index contributed by atoms with van der Waals surface area (Å²) < 4.78 is 5.70. The maximum atomic E-state index is 12.2. The van der Waals surface area contributed by atoms with Crippen molar-refractivity contribution in [3.8, 4) is 0 Å². The second kappa shape index (κ2) is 8.97. The summed E-state index contributed by atoms with van der Waals surface area (Å²) in [5.74, 6) is 1.07. The van der Waals surface area contributed by atoms with Gasteiger partial charge in [-0.1, -0.05) is 20.8 Å². The topological polar surface area (TPSA) is 41.6 Å². The fraction of sp³-hybridized carbons (Fsp3) is 0.588. The van der Waals surface area contributed by atoms with Crippen LogP contribution in [0.2, 0.25) is 18.1 Å². The smallest absolute Gasteiger partial charge is 0.398 e. The lowest BCUT2D eigenvalue weighted by Gasteiger charge is -2.35. The van der Waals surface area contributed by atoms with Crippen LogP contribution in [-0.2, 0) is 4.43 Å². The van der Waals surface area contributed by atoms with Gasteiger partial charge in [0, 0.05) is 36.2 Å². The average molecular weight is 391 g/mol. The summed E-state index contributed by atoms with van der Waals surface area (Å²) in [7, 11) is -2.12. The first-order valence-electron chi connectivity index (χ1n) is 8.07. The molecule has 0 spiro atoms. The third-order valence-electron chi connectivity index (χ3n) is 4.34. The fourth-order valence-electron chi connectivity index (χ4n) is 1.86. The summed E-state index contributed by atoms with van der Waals surface area (Å²) >= 11 is 11.7. The molecule has 0 aliphatic rings. The van der Waals surface area contributed by atoms with E-state index in [-0.39, 0.29) is 5.04 Å². The maximum absolute atomic E-state index is 12.2. The van der Waals surface area contributed by atoms with E-state index in [9.17, 15) is 4.79 Å². The molecule has 0 aliphatic heterocycles. The molecule has 1 aromatic rings. The highest BCUT2D eigenvalue weighted by Gasteiger charge is 2.40. The summed E-state index contributed by atoms with van der Waals surface area (Å²) in [5, 5.41) is 2.79. The Bertz CT molecular complexity index is 524. The van der Waals surface area contributed by atoms with Crippen LogP contribution in [-0.4, -0.2) is 39.3 Å². The number of alkyl halides is 2. The lowest BCUT2D eigenvalue weighted by Crippen LogP contribution is -2.43. The number of carbonyl (C=O) groups is 1. The summed E-state index contributed by atoms with van der Waals surface area (Å²) in [5.41, 5.74) is 1.73. The molecule has 0 aliphatic carbocycles. The zero-order valence-electron chi connectivity index (χ0n) is 15.2. The van der Waals surface area contributed by atoms with Crippen LogP contribution in [0.1, 0.15) is 20.8 Å². The molecule has 0 radical (unpaired) electrons. The lowest BCUT2D eigenvalue weighted by atomic mass is 10.2. The van der Waals surface area contributed by atoms with Gasteiger partial charge in [0.25, 0.3) is 8.32 Å². The first kappa shape index (κ1) is 21.1. The summed E-state index contributed by atoms with van der Waals surface area (Å²) in [6.07, 6.45) is -0.396. The van der Waals surface area contributed by atoms with Gasteiger partial charge in [0.2, 0.25) is 0 Å². The largest absolute Gasteiger partial charge is 0.503 e. The van der Waals surface area contributed by atoms with E-state index in [0.29, 0.717) is 17.4 Å². The lowest BCUT2D eigenvalue weighted by molar-refractivity contribution is 0.210. The number of amides is 1. The van der Waals surface area contributed by atoms with Crippen molar-refractivity contribution in [2.45, 2.75) is 38.9 Å². The molecule has 0 heterocycles. The Labute approximate surface area is 156 Å². The van der Waals surface area contributed by atoms with Gasteiger partial charge >= 0.3 is 6.09 Å². The predicted molar refractivity (Wildman–Crippen MR) is 107 cm³/mol. The highest BCUT2D eigenvalue weighted by molar-refractivity contribution is 6.75. The predicted octanol–water partition coefficient (Wildman–Crippen LogP) is 5.52. The van der Waals surface area contributed by atoms with Crippen LogP contribution in [0.3, 0.4) is 0 Å². The van der Waals surface area contributed by atoms with Gasteiger partial charge in [0.15, 0.2) is 0 Å². The zero-order chi connectivity index (χ0) is 18.4. The van der Waals surface area contributed by atoms with Crippen molar-refractivity contribution < 1.29 is 9.22 Å². The normalized spacial score (nSPS) is 12.0. The molecule has 1 rings (SSSR count). The van der Waals surface area contributed by atoms with E-state index in [0.717, 1.165) is 18.8 Å². The van der Waals surface area contributed by atoms with E-state index < -0.39 is 14.4 Å². The van der Waals surface area contributed by atoms with Gasteiger partial charge in [0.05, 0.1) is 0 Å². The van der Waals surface area contributed by atoms with Gasteiger partial charge < -0.3 is 9.33 Å². The Morgan fingerprint density at radius 3 is 2.04 bits per heavy atom. The van der Waals surface area contributed by atoms with Crippen LogP contribution in [0.25, 0.3) is 0 Å². The van der Waals surface area contributed by atoms with E-state index in [4.69, 9.17) is 27.6 Å². The number of benzene rings is 1. The third kappa shape index (κ3) is 6.19. The average Bonchev–Trinajstić information content (AvgIpc) is 2.46. The van der Waals surface area contributed by atoms with Gasteiger partial charge in [-0.2, -0.15) is 0 Å². The number of halogens is 2. The monoisotopic (exact) mass is 390 g/mol.